The van der Waals surface area contributed by atoms with Crippen LogP contribution >= 0.6 is 0 Å². The van der Waals surface area contributed by atoms with E-state index in [0.717, 1.165) is 62.9 Å². The number of hydrogen-bond donors (Lipinski definition) is 1. The number of carbonyl (C=O) groups excluding carboxylic acids is 1. The molecule has 146 valence electrons. The van der Waals surface area contributed by atoms with Gasteiger partial charge in [0.05, 0.1) is 17.3 Å². The molecule has 1 unspecified atom stereocenters. The van der Waals surface area contributed by atoms with Gasteiger partial charge in [-0.25, -0.2) is 0 Å². The molecule has 5 nitrogen and oxygen atoms in total. The van der Waals surface area contributed by atoms with Crippen molar-refractivity contribution < 1.29 is 14.7 Å². The Morgan fingerprint density at radius 2 is 2.04 bits per heavy atom. The standard InChI is InChI=1S/C22H30N2O3/c1-3-5-12-23-13-8-11-18(23)21(25)20-16(9-4-2)15-19-17(22(26)27)10-6-7-14-24(19)20/h8,11,13,15,17H,3-7,9-10,12,14H2,1-2H3,(H,26,27). The van der Waals surface area contributed by atoms with Gasteiger partial charge in [0.15, 0.2) is 0 Å². The molecule has 0 amide bonds. The summed E-state index contributed by atoms with van der Waals surface area (Å²) in [5, 5.41) is 9.70. The van der Waals surface area contributed by atoms with Gasteiger partial charge in [0.2, 0.25) is 5.78 Å². The minimum atomic E-state index is -0.788. The van der Waals surface area contributed by atoms with Crippen LogP contribution in [0.1, 0.15) is 85.7 Å². The molecule has 0 saturated heterocycles. The van der Waals surface area contributed by atoms with Gasteiger partial charge in [-0.3, -0.25) is 9.59 Å². The molecule has 1 atom stereocenters. The molecule has 1 aliphatic rings. The van der Waals surface area contributed by atoms with Crippen molar-refractivity contribution in [2.24, 2.45) is 0 Å². The molecule has 2 aromatic rings. The third kappa shape index (κ3) is 3.87. The van der Waals surface area contributed by atoms with Crippen molar-refractivity contribution in [2.75, 3.05) is 0 Å². The van der Waals surface area contributed by atoms with Crippen LogP contribution in [0, 0.1) is 0 Å². The van der Waals surface area contributed by atoms with Crippen molar-refractivity contribution in [3.8, 4) is 0 Å². The molecule has 0 bridgehead atoms. The molecule has 1 N–H and O–H groups in total. The summed E-state index contributed by atoms with van der Waals surface area (Å²) in [5.74, 6) is -1.28. The molecular weight excluding hydrogens is 340 g/mol. The maximum absolute atomic E-state index is 13.5. The van der Waals surface area contributed by atoms with Crippen molar-refractivity contribution in [3.63, 3.8) is 0 Å². The van der Waals surface area contributed by atoms with Gasteiger partial charge >= 0.3 is 5.97 Å². The third-order valence-corrected chi connectivity index (χ3v) is 5.54. The Balaban J connectivity index is 2.07. The number of nitrogens with zero attached hydrogens (tertiary/aromatic N) is 2. The number of carboxylic acid groups (broad SMARTS) is 1. The van der Waals surface area contributed by atoms with Crippen LogP contribution in [0.5, 0.6) is 0 Å². The van der Waals surface area contributed by atoms with Crippen molar-refractivity contribution in [1.29, 1.82) is 0 Å². The van der Waals surface area contributed by atoms with E-state index in [1.54, 1.807) is 0 Å². The zero-order valence-corrected chi connectivity index (χ0v) is 16.4. The second-order valence-electron chi connectivity index (χ2n) is 7.50. The summed E-state index contributed by atoms with van der Waals surface area (Å²) in [6.07, 6.45) is 8.23. The highest BCUT2D eigenvalue weighted by molar-refractivity contribution is 6.08. The molecular formula is C22H30N2O3. The number of carboxylic acids is 1. The normalized spacial score (nSPS) is 16.7. The number of aliphatic carboxylic acids is 1. The number of hydrogen-bond acceptors (Lipinski definition) is 2. The maximum Gasteiger partial charge on any atom is 0.312 e. The van der Waals surface area contributed by atoms with Crippen molar-refractivity contribution in [3.05, 3.63) is 47.0 Å². The summed E-state index contributed by atoms with van der Waals surface area (Å²) < 4.78 is 4.04. The lowest BCUT2D eigenvalue weighted by Gasteiger charge is -2.15. The lowest BCUT2D eigenvalue weighted by molar-refractivity contribution is -0.139. The second-order valence-corrected chi connectivity index (χ2v) is 7.50. The summed E-state index contributed by atoms with van der Waals surface area (Å²) >= 11 is 0. The highest BCUT2D eigenvalue weighted by Gasteiger charge is 2.31. The van der Waals surface area contributed by atoms with Crippen LogP contribution in [0.3, 0.4) is 0 Å². The predicted octanol–water partition coefficient (Wildman–Crippen LogP) is 4.63. The average Bonchev–Trinajstić information content (AvgIpc) is 3.19. The molecule has 0 aromatic carbocycles. The first-order valence-corrected chi connectivity index (χ1v) is 10.2. The number of aryl methyl sites for hydroxylation is 2. The zero-order valence-electron chi connectivity index (χ0n) is 16.4. The van der Waals surface area contributed by atoms with E-state index in [9.17, 15) is 14.7 Å². The van der Waals surface area contributed by atoms with Crippen LogP contribution in [0.4, 0.5) is 0 Å². The first kappa shape index (κ1) is 19.5. The van der Waals surface area contributed by atoms with Crippen LogP contribution in [-0.4, -0.2) is 26.0 Å². The molecule has 5 heteroatoms. The van der Waals surface area contributed by atoms with Gasteiger partial charge in [-0.2, -0.15) is 0 Å². The first-order valence-electron chi connectivity index (χ1n) is 10.2. The Kier molecular flexibility index (Phi) is 6.19. The van der Waals surface area contributed by atoms with Crippen molar-refractivity contribution >= 4 is 11.8 Å². The first-order chi connectivity index (χ1) is 13.1. The molecule has 27 heavy (non-hydrogen) atoms. The second kappa shape index (κ2) is 8.59. The minimum Gasteiger partial charge on any atom is -0.481 e. The van der Waals surface area contributed by atoms with Crippen molar-refractivity contribution in [2.45, 2.75) is 77.8 Å². The molecule has 0 aliphatic carbocycles. The fourth-order valence-corrected chi connectivity index (χ4v) is 4.17. The molecule has 0 spiro atoms. The molecule has 0 radical (unpaired) electrons. The van der Waals surface area contributed by atoms with Gasteiger partial charge in [-0.05, 0) is 49.4 Å². The molecule has 1 aliphatic heterocycles. The Labute approximate surface area is 161 Å². The topological polar surface area (TPSA) is 64.2 Å². The van der Waals surface area contributed by atoms with Crippen molar-refractivity contribution in [1.82, 2.24) is 9.13 Å². The summed E-state index contributed by atoms with van der Waals surface area (Å²) in [4.78, 5) is 25.3. The number of rotatable bonds is 8. The SMILES string of the molecule is CCCCn1cccc1C(=O)c1c(CCC)cc2n1CCCCC2C(=O)O. The molecule has 2 aromatic heterocycles. The summed E-state index contributed by atoms with van der Waals surface area (Å²) in [7, 11) is 0. The Morgan fingerprint density at radius 1 is 1.22 bits per heavy atom. The van der Waals surface area contributed by atoms with E-state index in [4.69, 9.17) is 0 Å². The van der Waals surface area contributed by atoms with Crippen LogP contribution < -0.4 is 0 Å². The molecule has 0 fully saturated rings. The summed E-state index contributed by atoms with van der Waals surface area (Å²) in [6, 6.07) is 5.80. The minimum absolute atomic E-state index is 0.0249. The fourth-order valence-electron chi connectivity index (χ4n) is 4.17. The van der Waals surface area contributed by atoms with E-state index in [0.29, 0.717) is 17.8 Å². The Hall–Kier alpha value is -2.30. The van der Waals surface area contributed by atoms with Crippen LogP contribution in [0.15, 0.2) is 24.4 Å². The summed E-state index contributed by atoms with van der Waals surface area (Å²) in [6.45, 7) is 5.79. The van der Waals surface area contributed by atoms with E-state index in [1.807, 2.05) is 33.5 Å². The number of unbranched alkanes of at least 4 members (excludes halogenated alkanes) is 1. The molecule has 3 rings (SSSR count). The molecule has 0 saturated carbocycles. The van der Waals surface area contributed by atoms with Crippen LogP contribution in [0.25, 0.3) is 0 Å². The highest BCUT2D eigenvalue weighted by Crippen LogP contribution is 2.33. The highest BCUT2D eigenvalue weighted by atomic mass is 16.4. The third-order valence-electron chi connectivity index (χ3n) is 5.54. The zero-order chi connectivity index (χ0) is 19.4. The lowest BCUT2D eigenvalue weighted by Crippen LogP contribution is -2.19. The molecule has 3 heterocycles. The number of carbonyl (C=O) groups is 2. The van der Waals surface area contributed by atoms with E-state index in [2.05, 4.69) is 13.8 Å². The number of aromatic nitrogens is 2. The quantitative estimate of drug-likeness (QED) is 0.689. The lowest BCUT2D eigenvalue weighted by atomic mass is 9.98. The number of ketones is 1. The van der Waals surface area contributed by atoms with Crippen LogP contribution in [0.2, 0.25) is 0 Å². The van der Waals surface area contributed by atoms with Gasteiger partial charge in [0.1, 0.15) is 0 Å². The van der Waals surface area contributed by atoms with E-state index in [1.165, 1.54) is 0 Å². The van der Waals surface area contributed by atoms with Gasteiger partial charge in [0, 0.05) is 25.0 Å². The van der Waals surface area contributed by atoms with E-state index in [-0.39, 0.29) is 5.78 Å². The van der Waals surface area contributed by atoms with E-state index < -0.39 is 11.9 Å². The van der Waals surface area contributed by atoms with Gasteiger partial charge in [0.25, 0.3) is 0 Å². The van der Waals surface area contributed by atoms with Gasteiger partial charge < -0.3 is 14.2 Å². The van der Waals surface area contributed by atoms with E-state index >= 15 is 0 Å². The Bertz CT molecular complexity index is 816. The summed E-state index contributed by atoms with van der Waals surface area (Å²) in [5.41, 5.74) is 3.21. The van der Waals surface area contributed by atoms with Crippen LogP contribution in [-0.2, 0) is 24.3 Å². The monoisotopic (exact) mass is 370 g/mol. The average molecular weight is 370 g/mol. The predicted molar refractivity (Wildman–Crippen MR) is 105 cm³/mol. The fraction of sp³-hybridized carbons (Fsp3) is 0.545. The van der Waals surface area contributed by atoms with Gasteiger partial charge in [-0.15, -0.1) is 0 Å². The Morgan fingerprint density at radius 3 is 2.74 bits per heavy atom. The number of fused-ring (bicyclic) bond motifs is 1. The smallest absolute Gasteiger partial charge is 0.312 e. The maximum atomic E-state index is 13.5. The van der Waals surface area contributed by atoms with Gasteiger partial charge in [-0.1, -0.05) is 33.1 Å². The largest absolute Gasteiger partial charge is 0.481 e.